The van der Waals surface area contributed by atoms with E-state index in [4.69, 9.17) is 0 Å². The second-order valence-electron chi connectivity index (χ2n) is 6.55. The van der Waals surface area contributed by atoms with Crippen LogP contribution in [0.3, 0.4) is 0 Å². The number of nitro benzene ring substituents is 1. The minimum Gasteiger partial charge on any atom is -0.310 e. The summed E-state index contributed by atoms with van der Waals surface area (Å²) in [5.74, 6) is 1.53. The lowest BCUT2D eigenvalue weighted by molar-refractivity contribution is -0.384. The van der Waals surface area contributed by atoms with Gasteiger partial charge in [0.1, 0.15) is 11.9 Å². The zero-order chi connectivity index (χ0) is 19.5. The molecule has 4 rings (SSSR count). The van der Waals surface area contributed by atoms with Crippen molar-refractivity contribution >= 4 is 28.7 Å². The molecular formula is C20H17N5O2S. The Balaban J connectivity index is 1.70. The van der Waals surface area contributed by atoms with Crippen LogP contribution in [0, 0.1) is 21.4 Å². The lowest BCUT2D eigenvalue weighted by atomic mass is 10.1. The smallest absolute Gasteiger partial charge is 0.278 e. The summed E-state index contributed by atoms with van der Waals surface area (Å²) in [7, 11) is 0. The highest BCUT2D eigenvalue weighted by atomic mass is 32.1. The van der Waals surface area contributed by atoms with E-state index in [2.05, 4.69) is 16.3 Å². The Bertz CT molecular complexity index is 1110. The number of aromatic nitrogens is 3. The molecule has 0 saturated carbocycles. The number of benzene rings is 1. The van der Waals surface area contributed by atoms with E-state index in [0.29, 0.717) is 17.0 Å². The molecule has 2 aromatic heterocycles. The Hall–Kier alpha value is -3.31. The van der Waals surface area contributed by atoms with Crippen molar-refractivity contribution in [2.24, 2.45) is 0 Å². The molecule has 0 fully saturated rings. The molecule has 3 aromatic rings. The highest BCUT2D eigenvalue weighted by Gasteiger charge is 2.19. The van der Waals surface area contributed by atoms with Crippen molar-refractivity contribution in [2.75, 3.05) is 0 Å². The summed E-state index contributed by atoms with van der Waals surface area (Å²) in [6.07, 6.45) is 5.96. The number of nitro groups is 1. The van der Waals surface area contributed by atoms with Gasteiger partial charge in [0.2, 0.25) is 0 Å². The van der Waals surface area contributed by atoms with E-state index < -0.39 is 0 Å². The molecule has 0 amide bonds. The molecule has 7 nitrogen and oxygen atoms in total. The monoisotopic (exact) mass is 391 g/mol. The summed E-state index contributed by atoms with van der Waals surface area (Å²) in [6, 6.07) is 12.6. The maximum absolute atomic E-state index is 11.3. The summed E-state index contributed by atoms with van der Waals surface area (Å²) < 4.78 is 2.04. The topological polar surface area (TPSA) is 97.6 Å². The third-order valence-electron chi connectivity index (χ3n) is 4.75. The largest absolute Gasteiger partial charge is 0.310 e. The van der Waals surface area contributed by atoms with Crippen molar-refractivity contribution in [3.63, 3.8) is 0 Å². The van der Waals surface area contributed by atoms with Crippen LogP contribution in [0.25, 0.3) is 22.1 Å². The second-order valence-corrected chi connectivity index (χ2v) is 7.66. The Morgan fingerprint density at radius 2 is 2.07 bits per heavy atom. The number of rotatable bonds is 4. The molecule has 1 aliphatic rings. The first-order valence-electron chi connectivity index (χ1n) is 9.05. The zero-order valence-corrected chi connectivity index (χ0v) is 15.9. The van der Waals surface area contributed by atoms with Gasteiger partial charge in [-0.2, -0.15) is 5.26 Å². The van der Waals surface area contributed by atoms with Crippen LogP contribution in [0.5, 0.6) is 0 Å². The molecule has 0 atom stereocenters. The summed E-state index contributed by atoms with van der Waals surface area (Å²) >= 11 is 1.41. The van der Waals surface area contributed by atoms with Crippen LogP contribution in [-0.2, 0) is 13.0 Å². The van der Waals surface area contributed by atoms with Crippen LogP contribution in [0.2, 0.25) is 0 Å². The van der Waals surface area contributed by atoms with Crippen LogP contribution in [-0.4, -0.2) is 19.7 Å². The van der Waals surface area contributed by atoms with E-state index in [-0.39, 0.29) is 10.6 Å². The van der Waals surface area contributed by atoms with E-state index in [9.17, 15) is 15.4 Å². The van der Waals surface area contributed by atoms with E-state index in [1.54, 1.807) is 24.3 Å². The SMILES string of the molecule is N#C/C(=C\c1ccc(-c2ccccc2[N+](=O)[O-])s1)c1nnc2n1CCCCC2. The Kier molecular flexibility index (Phi) is 5.00. The van der Waals surface area contributed by atoms with E-state index in [1.807, 2.05) is 16.7 Å². The number of nitriles is 1. The minimum absolute atomic E-state index is 0.0724. The van der Waals surface area contributed by atoms with Gasteiger partial charge in [0.25, 0.3) is 5.69 Å². The van der Waals surface area contributed by atoms with Gasteiger partial charge >= 0.3 is 0 Å². The second kappa shape index (κ2) is 7.74. The van der Waals surface area contributed by atoms with Crippen LogP contribution in [0.15, 0.2) is 36.4 Å². The van der Waals surface area contributed by atoms with Gasteiger partial charge in [0.15, 0.2) is 5.82 Å². The average molecular weight is 391 g/mol. The number of aryl methyl sites for hydroxylation is 1. The molecule has 0 bridgehead atoms. The number of nitrogens with zero attached hydrogens (tertiary/aromatic N) is 5. The predicted octanol–water partition coefficient (Wildman–Crippen LogP) is 4.71. The summed E-state index contributed by atoms with van der Waals surface area (Å²) in [6.45, 7) is 0.822. The first-order valence-corrected chi connectivity index (χ1v) is 9.87. The number of allylic oxidation sites excluding steroid dienone is 1. The lowest BCUT2D eigenvalue weighted by Gasteiger charge is -2.05. The van der Waals surface area contributed by atoms with E-state index in [0.717, 1.165) is 47.8 Å². The van der Waals surface area contributed by atoms with Gasteiger partial charge in [-0.15, -0.1) is 21.5 Å². The number of hydrogen-bond donors (Lipinski definition) is 0. The van der Waals surface area contributed by atoms with Gasteiger partial charge in [-0.3, -0.25) is 10.1 Å². The highest BCUT2D eigenvalue weighted by Crippen LogP contribution is 2.35. The molecule has 140 valence electrons. The minimum atomic E-state index is -0.378. The van der Waals surface area contributed by atoms with Crippen molar-refractivity contribution < 1.29 is 4.92 Å². The molecule has 28 heavy (non-hydrogen) atoms. The van der Waals surface area contributed by atoms with E-state index >= 15 is 0 Å². The molecule has 3 heterocycles. The highest BCUT2D eigenvalue weighted by molar-refractivity contribution is 7.16. The van der Waals surface area contributed by atoms with Crippen molar-refractivity contribution in [3.05, 3.63) is 63.0 Å². The third-order valence-corrected chi connectivity index (χ3v) is 5.82. The maximum Gasteiger partial charge on any atom is 0.278 e. The summed E-state index contributed by atoms with van der Waals surface area (Å²) in [5, 5.41) is 29.5. The van der Waals surface area contributed by atoms with Gasteiger partial charge < -0.3 is 4.57 Å². The summed E-state index contributed by atoms with van der Waals surface area (Å²) in [4.78, 5) is 12.5. The van der Waals surface area contributed by atoms with Crippen LogP contribution >= 0.6 is 11.3 Å². The lowest BCUT2D eigenvalue weighted by Crippen LogP contribution is -2.05. The van der Waals surface area contributed by atoms with Gasteiger partial charge in [-0.25, -0.2) is 0 Å². The number of fused-ring (bicyclic) bond motifs is 1. The fourth-order valence-electron chi connectivity index (χ4n) is 3.39. The summed E-state index contributed by atoms with van der Waals surface area (Å²) in [5.41, 5.74) is 1.10. The van der Waals surface area contributed by atoms with Gasteiger partial charge in [0, 0.05) is 28.8 Å². The normalized spacial score (nSPS) is 14.2. The maximum atomic E-state index is 11.3. The quantitative estimate of drug-likeness (QED) is 0.364. The van der Waals surface area contributed by atoms with E-state index in [1.165, 1.54) is 17.4 Å². The number of thiophene rings is 1. The Labute approximate surface area is 165 Å². The van der Waals surface area contributed by atoms with Crippen LogP contribution in [0.4, 0.5) is 5.69 Å². The Morgan fingerprint density at radius 1 is 1.21 bits per heavy atom. The first-order chi connectivity index (χ1) is 13.7. The molecule has 0 spiro atoms. The molecule has 0 radical (unpaired) electrons. The van der Waals surface area contributed by atoms with Gasteiger partial charge in [-0.1, -0.05) is 18.6 Å². The van der Waals surface area contributed by atoms with Crippen molar-refractivity contribution in [1.82, 2.24) is 14.8 Å². The molecule has 0 unspecified atom stereocenters. The van der Waals surface area contributed by atoms with Gasteiger partial charge in [-0.05, 0) is 37.1 Å². The Morgan fingerprint density at radius 3 is 2.89 bits per heavy atom. The van der Waals surface area contributed by atoms with Crippen molar-refractivity contribution in [2.45, 2.75) is 32.2 Å². The average Bonchev–Trinajstić information content (AvgIpc) is 3.27. The van der Waals surface area contributed by atoms with Crippen LogP contribution < -0.4 is 0 Å². The fraction of sp³-hybridized carbons (Fsp3) is 0.250. The predicted molar refractivity (Wildman–Crippen MR) is 107 cm³/mol. The number of hydrogen-bond acceptors (Lipinski definition) is 6. The van der Waals surface area contributed by atoms with Crippen LogP contribution in [0.1, 0.15) is 35.8 Å². The molecule has 1 aliphatic heterocycles. The standard InChI is InChI=1S/C20H17N5O2S/c21-13-14(20-23-22-19-8-2-1-5-11-24(19)20)12-15-9-10-18(28-15)16-6-3-4-7-17(16)25(26)27/h3-4,6-7,9-10,12H,1-2,5,8,11H2/b14-12+. The molecule has 8 heteroatoms. The number of para-hydroxylation sites is 1. The third kappa shape index (κ3) is 3.44. The molecule has 0 N–H and O–H groups in total. The zero-order valence-electron chi connectivity index (χ0n) is 15.0. The van der Waals surface area contributed by atoms with Crippen molar-refractivity contribution in [3.8, 4) is 16.5 Å². The molecule has 0 saturated heterocycles. The molecular weight excluding hydrogens is 374 g/mol. The van der Waals surface area contributed by atoms with Crippen molar-refractivity contribution in [1.29, 1.82) is 5.26 Å². The fourth-order valence-corrected chi connectivity index (χ4v) is 4.38. The molecule has 1 aromatic carbocycles. The van der Waals surface area contributed by atoms with Gasteiger partial charge in [0.05, 0.1) is 16.1 Å². The first kappa shape index (κ1) is 18.1. The molecule has 0 aliphatic carbocycles.